The molecule has 10 heteroatoms. The standard InChI is InChI=1S/C29H35N3O6S/c1-6-30-29(34)22(3)31(19-23-12-10-11-21(2)17-23)28(33)20-32(24-13-8-7-9-14-24)39(35,36)25-15-16-26(37-4)27(18-25)38-5/h7-18,22H,6,19-20H2,1-5H3,(H,30,34)/t22-/m0/s1. The lowest BCUT2D eigenvalue weighted by Gasteiger charge is -2.32. The van der Waals surface area contributed by atoms with E-state index in [1.165, 1.54) is 37.3 Å². The van der Waals surface area contributed by atoms with E-state index in [2.05, 4.69) is 5.32 Å². The number of aryl methyl sites for hydroxylation is 1. The van der Waals surface area contributed by atoms with Gasteiger partial charge in [0.15, 0.2) is 11.5 Å². The topological polar surface area (TPSA) is 105 Å². The van der Waals surface area contributed by atoms with Crippen LogP contribution in [0.15, 0.2) is 77.7 Å². The van der Waals surface area contributed by atoms with Crippen molar-refractivity contribution in [3.8, 4) is 11.5 Å². The third kappa shape index (κ3) is 7.08. The second-order valence-corrected chi connectivity index (χ2v) is 10.8. The molecule has 39 heavy (non-hydrogen) atoms. The van der Waals surface area contributed by atoms with Crippen LogP contribution in [-0.2, 0) is 26.2 Å². The molecular formula is C29H35N3O6S. The van der Waals surface area contributed by atoms with Gasteiger partial charge in [0.1, 0.15) is 12.6 Å². The maximum atomic E-state index is 13.9. The molecule has 0 saturated heterocycles. The predicted molar refractivity (Wildman–Crippen MR) is 150 cm³/mol. The molecule has 3 rings (SSSR count). The number of para-hydroxylation sites is 1. The van der Waals surface area contributed by atoms with E-state index in [0.29, 0.717) is 18.0 Å². The maximum absolute atomic E-state index is 13.9. The highest BCUT2D eigenvalue weighted by Crippen LogP contribution is 2.32. The first kappa shape index (κ1) is 29.5. The molecule has 0 bridgehead atoms. The van der Waals surface area contributed by atoms with Crippen LogP contribution in [0.3, 0.4) is 0 Å². The molecule has 3 aromatic carbocycles. The van der Waals surface area contributed by atoms with Gasteiger partial charge in [-0.15, -0.1) is 0 Å². The quantitative estimate of drug-likeness (QED) is 0.366. The minimum Gasteiger partial charge on any atom is -0.493 e. The molecule has 0 radical (unpaired) electrons. The number of ether oxygens (including phenoxy) is 2. The Morgan fingerprint density at radius 3 is 2.23 bits per heavy atom. The number of likely N-dealkylation sites (N-methyl/N-ethyl adjacent to an activating group) is 1. The van der Waals surface area contributed by atoms with Crippen molar-refractivity contribution in [3.05, 3.63) is 83.9 Å². The van der Waals surface area contributed by atoms with Gasteiger partial charge in [0.25, 0.3) is 10.0 Å². The van der Waals surface area contributed by atoms with Crippen molar-refractivity contribution in [2.75, 3.05) is 31.6 Å². The second-order valence-electron chi connectivity index (χ2n) is 8.95. The van der Waals surface area contributed by atoms with Gasteiger partial charge >= 0.3 is 0 Å². The zero-order chi connectivity index (χ0) is 28.6. The first-order valence-electron chi connectivity index (χ1n) is 12.5. The van der Waals surface area contributed by atoms with Crippen LogP contribution < -0.4 is 19.1 Å². The SMILES string of the molecule is CCNC(=O)[C@H](C)N(Cc1cccc(C)c1)C(=O)CN(c1ccccc1)S(=O)(=O)c1ccc(OC)c(OC)c1. The molecule has 0 fully saturated rings. The van der Waals surface area contributed by atoms with Crippen LogP contribution in [0, 0.1) is 6.92 Å². The normalized spacial score (nSPS) is 11.8. The summed E-state index contributed by atoms with van der Waals surface area (Å²) in [5.74, 6) is -0.238. The summed E-state index contributed by atoms with van der Waals surface area (Å²) in [5, 5.41) is 2.75. The molecular weight excluding hydrogens is 518 g/mol. The first-order valence-corrected chi connectivity index (χ1v) is 14.0. The summed E-state index contributed by atoms with van der Waals surface area (Å²) in [6.45, 7) is 5.39. The number of hydrogen-bond acceptors (Lipinski definition) is 6. The van der Waals surface area contributed by atoms with E-state index in [9.17, 15) is 18.0 Å². The number of methoxy groups -OCH3 is 2. The number of carbonyl (C=O) groups excluding carboxylic acids is 2. The van der Waals surface area contributed by atoms with Gasteiger partial charge < -0.3 is 19.7 Å². The number of sulfonamides is 1. The Kier molecular flexibility index (Phi) is 9.95. The van der Waals surface area contributed by atoms with E-state index in [4.69, 9.17) is 9.47 Å². The van der Waals surface area contributed by atoms with E-state index in [1.807, 2.05) is 31.2 Å². The van der Waals surface area contributed by atoms with Crippen LogP contribution in [0.2, 0.25) is 0 Å². The lowest BCUT2D eigenvalue weighted by atomic mass is 10.1. The van der Waals surface area contributed by atoms with E-state index < -0.39 is 28.5 Å². The monoisotopic (exact) mass is 553 g/mol. The molecule has 0 unspecified atom stereocenters. The molecule has 9 nitrogen and oxygen atoms in total. The molecule has 0 heterocycles. The minimum atomic E-state index is -4.23. The first-order chi connectivity index (χ1) is 18.6. The summed E-state index contributed by atoms with van der Waals surface area (Å²) < 4.78 is 39.5. The largest absolute Gasteiger partial charge is 0.493 e. The van der Waals surface area contributed by atoms with Gasteiger partial charge in [0, 0.05) is 19.2 Å². The van der Waals surface area contributed by atoms with Crippen molar-refractivity contribution < 1.29 is 27.5 Å². The highest BCUT2D eigenvalue weighted by Gasteiger charge is 2.33. The smallest absolute Gasteiger partial charge is 0.264 e. The minimum absolute atomic E-state index is 0.0705. The van der Waals surface area contributed by atoms with Crippen LogP contribution in [-0.4, -0.2) is 58.5 Å². The van der Waals surface area contributed by atoms with Crippen LogP contribution in [0.25, 0.3) is 0 Å². The Labute approximate surface area is 230 Å². The lowest BCUT2D eigenvalue weighted by molar-refractivity contribution is -0.139. The highest BCUT2D eigenvalue weighted by molar-refractivity contribution is 7.92. The van der Waals surface area contributed by atoms with Crippen molar-refractivity contribution in [1.82, 2.24) is 10.2 Å². The molecule has 0 aliphatic heterocycles. The molecule has 2 amide bonds. The number of nitrogens with zero attached hydrogens (tertiary/aromatic N) is 2. The van der Waals surface area contributed by atoms with Crippen LogP contribution in [0.1, 0.15) is 25.0 Å². The number of rotatable bonds is 12. The third-order valence-electron chi connectivity index (χ3n) is 6.22. The van der Waals surface area contributed by atoms with E-state index in [0.717, 1.165) is 15.4 Å². The fourth-order valence-electron chi connectivity index (χ4n) is 4.14. The number of benzene rings is 3. The molecule has 208 valence electrons. The number of nitrogens with one attached hydrogen (secondary N) is 1. The van der Waals surface area contributed by atoms with Gasteiger partial charge in [-0.05, 0) is 50.6 Å². The van der Waals surface area contributed by atoms with E-state index >= 15 is 0 Å². The molecule has 0 spiro atoms. The Morgan fingerprint density at radius 2 is 1.62 bits per heavy atom. The molecule has 1 N–H and O–H groups in total. The van der Waals surface area contributed by atoms with E-state index in [-0.39, 0.29) is 23.1 Å². The fraction of sp³-hybridized carbons (Fsp3) is 0.310. The van der Waals surface area contributed by atoms with Crippen molar-refractivity contribution in [2.24, 2.45) is 0 Å². The second kappa shape index (κ2) is 13.1. The average Bonchev–Trinajstić information content (AvgIpc) is 2.94. The highest BCUT2D eigenvalue weighted by atomic mass is 32.2. The maximum Gasteiger partial charge on any atom is 0.264 e. The fourth-order valence-corrected chi connectivity index (χ4v) is 5.57. The Morgan fingerprint density at radius 1 is 0.923 bits per heavy atom. The number of carbonyl (C=O) groups is 2. The summed E-state index contributed by atoms with van der Waals surface area (Å²) in [6, 6.07) is 19.4. The summed E-state index contributed by atoms with van der Waals surface area (Å²) in [6.07, 6.45) is 0. The van der Waals surface area contributed by atoms with Gasteiger partial charge in [-0.25, -0.2) is 8.42 Å². The Hall–Kier alpha value is -4.05. The molecule has 0 aliphatic rings. The summed E-state index contributed by atoms with van der Waals surface area (Å²) >= 11 is 0. The van der Waals surface area contributed by atoms with E-state index in [1.54, 1.807) is 44.2 Å². The van der Waals surface area contributed by atoms with Gasteiger partial charge in [-0.3, -0.25) is 13.9 Å². The molecule has 0 aliphatic carbocycles. The molecule has 0 saturated carbocycles. The molecule has 0 aromatic heterocycles. The van der Waals surface area contributed by atoms with Gasteiger partial charge in [0.05, 0.1) is 24.8 Å². The zero-order valence-corrected chi connectivity index (χ0v) is 23.7. The number of hydrogen-bond donors (Lipinski definition) is 1. The molecule has 1 atom stereocenters. The molecule has 3 aromatic rings. The van der Waals surface area contributed by atoms with Crippen molar-refractivity contribution >= 4 is 27.5 Å². The Bertz CT molecular complexity index is 1400. The predicted octanol–water partition coefficient (Wildman–Crippen LogP) is 3.76. The van der Waals surface area contributed by atoms with Gasteiger partial charge in [-0.2, -0.15) is 0 Å². The summed E-state index contributed by atoms with van der Waals surface area (Å²) in [7, 11) is -1.35. The lowest BCUT2D eigenvalue weighted by Crippen LogP contribution is -2.51. The van der Waals surface area contributed by atoms with Gasteiger partial charge in [-0.1, -0.05) is 48.0 Å². The van der Waals surface area contributed by atoms with Crippen LogP contribution >= 0.6 is 0 Å². The van der Waals surface area contributed by atoms with Crippen molar-refractivity contribution in [3.63, 3.8) is 0 Å². The number of anilines is 1. The summed E-state index contributed by atoms with van der Waals surface area (Å²) in [4.78, 5) is 28.0. The summed E-state index contributed by atoms with van der Waals surface area (Å²) in [5.41, 5.74) is 2.14. The van der Waals surface area contributed by atoms with Crippen molar-refractivity contribution in [1.29, 1.82) is 0 Å². The van der Waals surface area contributed by atoms with Crippen LogP contribution in [0.5, 0.6) is 11.5 Å². The van der Waals surface area contributed by atoms with Crippen molar-refractivity contribution in [2.45, 2.75) is 38.3 Å². The number of amides is 2. The van der Waals surface area contributed by atoms with Crippen LogP contribution in [0.4, 0.5) is 5.69 Å². The van der Waals surface area contributed by atoms with Gasteiger partial charge in [0.2, 0.25) is 11.8 Å². The third-order valence-corrected chi connectivity index (χ3v) is 7.99. The zero-order valence-electron chi connectivity index (χ0n) is 22.9. The average molecular weight is 554 g/mol. The Balaban J connectivity index is 2.04.